The predicted octanol–water partition coefficient (Wildman–Crippen LogP) is 4.61. The number of methoxy groups -OCH3 is 1. The van der Waals surface area contributed by atoms with Gasteiger partial charge in [-0.2, -0.15) is 0 Å². The summed E-state index contributed by atoms with van der Waals surface area (Å²) < 4.78 is 16.6. The first-order valence-electron chi connectivity index (χ1n) is 12.7. The van der Waals surface area contributed by atoms with E-state index in [2.05, 4.69) is 15.0 Å². The Kier molecular flexibility index (Phi) is 7.54. The third kappa shape index (κ3) is 5.27. The molecule has 41 heavy (non-hydrogen) atoms. The summed E-state index contributed by atoms with van der Waals surface area (Å²) in [5, 5.41) is 33.8. The number of ether oxygens (including phenoxy) is 3. The molecular weight excluding hydrogens is 530 g/mol. The number of aromatic nitrogens is 3. The van der Waals surface area contributed by atoms with Crippen molar-refractivity contribution in [1.29, 1.82) is 0 Å². The molecular formula is C30H27N3O8. The number of hydrogen-bond acceptors (Lipinski definition) is 11. The van der Waals surface area contributed by atoms with Crippen molar-refractivity contribution in [3.63, 3.8) is 0 Å². The quantitative estimate of drug-likeness (QED) is 0.205. The number of ketones is 1. The van der Waals surface area contributed by atoms with Gasteiger partial charge in [0.2, 0.25) is 0 Å². The van der Waals surface area contributed by atoms with Crippen LogP contribution in [-0.4, -0.2) is 49.1 Å². The number of fused-ring (bicyclic) bond motifs is 1. The number of Topliss-reactive ketones (excluding diaryl/α,β-unsaturated/α-hetero) is 1. The number of hydrogen-bond donors (Lipinski definition) is 3. The average Bonchev–Trinajstić information content (AvgIpc) is 3.39. The molecule has 0 fully saturated rings. The summed E-state index contributed by atoms with van der Waals surface area (Å²) in [6, 6.07) is 9.72. The molecule has 0 saturated heterocycles. The third-order valence-electron chi connectivity index (χ3n) is 6.98. The van der Waals surface area contributed by atoms with Crippen molar-refractivity contribution in [3.05, 3.63) is 94.1 Å². The molecule has 0 unspecified atom stereocenters. The van der Waals surface area contributed by atoms with Crippen molar-refractivity contribution in [1.82, 2.24) is 15.0 Å². The van der Waals surface area contributed by atoms with Crippen molar-refractivity contribution >= 4 is 11.8 Å². The minimum Gasteiger partial charge on any atom is -0.507 e. The van der Waals surface area contributed by atoms with Crippen molar-refractivity contribution in [3.8, 4) is 29.0 Å². The third-order valence-corrected chi connectivity index (χ3v) is 6.98. The molecule has 11 heteroatoms. The molecule has 1 aliphatic rings. The summed E-state index contributed by atoms with van der Waals surface area (Å²) >= 11 is 0. The first-order chi connectivity index (χ1) is 19.7. The van der Waals surface area contributed by atoms with Gasteiger partial charge >= 0.3 is 12.0 Å². The van der Waals surface area contributed by atoms with Gasteiger partial charge in [-0.05, 0) is 43.7 Å². The predicted molar refractivity (Wildman–Crippen MR) is 144 cm³/mol. The Morgan fingerprint density at radius 1 is 1.05 bits per heavy atom. The van der Waals surface area contributed by atoms with Gasteiger partial charge in [0, 0.05) is 46.8 Å². The van der Waals surface area contributed by atoms with Crippen molar-refractivity contribution in [2.45, 2.75) is 38.9 Å². The normalized spacial score (nSPS) is 14.8. The van der Waals surface area contributed by atoms with Crippen molar-refractivity contribution < 1.29 is 39.1 Å². The molecule has 4 aromatic rings. The molecule has 0 aliphatic carbocycles. The van der Waals surface area contributed by atoms with E-state index in [0.717, 1.165) is 0 Å². The highest BCUT2D eigenvalue weighted by atomic mass is 16.5. The van der Waals surface area contributed by atoms with Crippen molar-refractivity contribution in [2.24, 2.45) is 0 Å². The lowest BCUT2D eigenvalue weighted by atomic mass is 9.83. The summed E-state index contributed by atoms with van der Waals surface area (Å²) in [6.45, 7) is 3.02. The van der Waals surface area contributed by atoms with Gasteiger partial charge in [-0.15, -0.1) is 0 Å². The van der Waals surface area contributed by atoms with Gasteiger partial charge in [-0.25, -0.2) is 9.97 Å². The number of nitrogens with zero attached hydrogens (tertiary/aromatic N) is 3. The van der Waals surface area contributed by atoms with Gasteiger partial charge in [-0.1, -0.05) is 12.1 Å². The molecule has 2 atom stereocenters. The summed E-state index contributed by atoms with van der Waals surface area (Å²) in [4.78, 5) is 37.6. The van der Waals surface area contributed by atoms with E-state index in [-0.39, 0.29) is 41.5 Å². The fraction of sp³-hybridized carbons (Fsp3) is 0.233. The molecule has 0 radical (unpaired) electrons. The zero-order valence-corrected chi connectivity index (χ0v) is 22.5. The molecule has 0 bridgehead atoms. The van der Waals surface area contributed by atoms with Crippen LogP contribution in [0.3, 0.4) is 0 Å². The van der Waals surface area contributed by atoms with E-state index in [4.69, 9.17) is 14.2 Å². The van der Waals surface area contributed by atoms with Gasteiger partial charge in [0.25, 0.3) is 0 Å². The lowest BCUT2D eigenvalue weighted by Gasteiger charge is -2.25. The second kappa shape index (κ2) is 11.2. The van der Waals surface area contributed by atoms with Gasteiger partial charge in [0.05, 0.1) is 31.4 Å². The number of carbonyl (C=O) groups is 2. The Hall–Kier alpha value is -5.03. The molecule has 0 saturated carbocycles. The smallest absolute Gasteiger partial charge is 0.321 e. The number of benzene rings is 2. The van der Waals surface area contributed by atoms with E-state index >= 15 is 0 Å². The highest BCUT2D eigenvalue weighted by Crippen LogP contribution is 2.50. The fourth-order valence-electron chi connectivity index (χ4n) is 4.94. The Labute approximate surface area is 235 Å². The van der Waals surface area contributed by atoms with Crippen LogP contribution >= 0.6 is 0 Å². The minimum atomic E-state index is -0.977. The topological polar surface area (TPSA) is 161 Å². The summed E-state index contributed by atoms with van der Waals surface area (Å²) in [7, 11) is 1.23. The zero-order valence-electron chi connectivity index (χ0n) is 22.5. The van der Waals surface area contributed by atoms with E-state index in [1.165, 1.54) is 32.5 Å². The van der Waals surface area contributed by atoms with Crippen LogP contribution in [0, 0.1) is 6.92 Å². The number of carbonyl (C=O) groups excluding carboxylic acids is 2. The van der Waals surface area contributed by atoms with Crippen LogP contribution in [0.4, 0.5) is 0 Å². The zero-order chi connectivity index (χ0) is 29.3. The standard InChI is InChI=1S/C30H27N3O8/c1-15-26(36)24-18(13-33-15)14-40-29(24)22-11-20(16(2)34)27(37)25(28(22)38)21(12-23(35)39-3)17-6-4-7-19(10-17)41-30-31-8-5-9-32-30/h4-11,13,21,29,36-38H,12,14H2,1-3H3/t21-,29-/m1/s1. The molecule has 1 aliphatic heterocycles. The van der Waals surface area contributed by atoms with E-state index in [0.29, 0.717) is 28.1 Å². The lowest BCUT2D eigenvalue weighted by Crippen LogP contribution is -2.13. The molecule has 11 nitrogen and oxygen atoms in total. The van der Waals surface area contributed by atoms with Crippen LogP contribution in [0.5, 0.6) is 29.0 Å². The molecule has 0 spiro atoms. The molecule has 3 heterocycles. The molecule has 0 amide bonds. The van der Waals surface area contributed by atoms with Gasteiger partial charge in [-0.3, -0.25) is 14.6 Å². The monoisotopic (exact) mass is 557 g/mol. The summed E-state index contributed by atoms with van der Waals surface area (Å²) in [6.07, 6.45) is 3.37. The number of aromatic hydroxyl groups is 3. The Balaban J connectivity index is 1.69. The second-order valence-corrected chi connectivity index (χ2v) is 9.54. The van der Waals surface area contributed by atoms with Crippen LogP contribution < -0.4 is 4.74 Å². The van der Waals surface area contributed by atoms with Crippen LogP contribution in [0.25, 0.3) is 0 Å². The Morgan fingerprint density at radius 3 is 2.51 bits per heavy atom. The van der Waals surface area contributed by atoms with Gasteiger partial charge in [0.15, 0.2) is 5.78 Å². The first kappa shape index (κ1) is 27.5. The van der Waals surface area contributed by atoms with E-state index < -0.39 is 35.3 Å². The van der Waals surface area contributed by atoms with Crippen LogP contribution in [-0.2, 0) is 20.9 Å². The fourth-order valence-corrected chi connectivity index (χ4v) is 4.94. The first-order valence-corrected chi connectivity index (χ1v) is 12.7. The number of phenolic OH excluding ortho intramolecular Hbond substituents is 2. The van der Waals surface area contributed by atoms with Crippen LogP contribution in [0.2, 0.25) is 0 Å². The SMILES string of the molecule is COC(=O)C[C@H](c1cccc(Oc2ncccn2)c1)c1c(O)c(C(C)=O)cc([C@H]2OCc3cnc(C)c(O)c32)c1O. The molecule has 2 aromatic carbocycles. The maximum absolute atomic E-state index is 12.7. The molecule has 5 rings (SSSR count). The minimum absolute atomic E-state index is 0.0754. The highest BCUT2D eigenvalue weighted by Gasteiger charge is 2.36. The van der Waals surface area contributed by atoms with Crippen LogP contribution in [0.1, 0.15) is 69.2 Å². The maximum atomic E-state index is 12.7. The summed E-state index contributed by atoms with van der Waals surface area (Å²) in [5.41, 5.74) is 1.84. The van der Waals surface area contributed by atoms with Crippen LogP contribution in [0.15, 0.2) is 55.0 Å². The number of esters is 1. The van der Waals surface area contributed by atoms with Gasteiger partial charge < -0.3 is 29.5 Å². The van der Waals surface area contributed by atoms with Gasteiger partial charge in [0.1, 0.15) is 29.1 Å². The van der Waals surface area contributed by atoms with Crippen molar-refractivity contribution in [2.75, 3.05) is 7.11 Å². The number of aryl methyl sites for hydroxylation is 1. The highest BCUT2D eigenvalue weighted by molar-refractivity contribution is 5.98. The number of phenols is 2. The Bertz CT molecular complexity index is 1640. The van der Waals surface area contributed by atoms with E-state index in [1.54, 1.807) is 43.5 Å². The number of pyridine rings is 1. The van der Waals surface area contributed by atoms with E-state index in [9.17, 15) is 24.9 Å². The molecule has 210 valence electrons. The summed E-state index contributed by atoms with van der Waals surface area (Å²) in [5.74, 6) is -2.72. The molecule has 2 aromatic heterocycles. The number of rotatable bonds is 8. The second-order valence-electron chi connectivity index (χ2n) is 9.54. The van der Waals surface area contributed by atoms with E-state index in [1.807, 2.05) is 0 Å². The molecule has 3 N–H and O–H groups in total. The average molecular weight is 558 g/mol. The largest absolute Gasteiger partial charge is 0.507 e. The Morgan fingerprint density at radius 2 is 1.80 bits per heavy atom. The lowest BCUT2D eigenvalue weighted by molar-refractivity contribution is -0.140. The maximum Gasteiger partial charge on any atom is 0.321 e.